The number of nitrogens with one attached hydrogen (secondary N) is 1. The van der Waals surface area contributed by atoms with Crippen molar-refractivity contribution in [3.05, 3.63) is 95.8 Å². The highest BCUT2D eigenvalue weighted by molar-refractivity contribution is 6.04. The van der Waals surface area contributed by atoms with Crippen LogP contribution in [0.5, 0.6) is 0 Å². The maximum atomic E-state index is 12.4. The monoisotopic (exact) mass is 390 g/mol. The Morgan fingerprint density at radius 3 is 2.00 bits per heavy atom. The number of hydrogen-bond donors (Lipinski definition) is 1. The van der Waals surface area contributed by atoms with Crippen LogP contribution in [0.1, 0.15) is 34.0 Å². The average Bonchev–Trinajstić information content (AvgIpc) is 3.18. The zero-order valence-corrected chi connectivity index (χ0v) is 16.1. The van der Waals surface area contributed by atoms with Crippen LogP contribution in [0.25, 0.3) is 0 Å². The van der Waals surface area contributed by atoms with Crippen LogP contribution < -0.4 is 5.32 Å². The van der Waals surface area contributed by atoms with Gasteiger partial charge in [-0.1, -0.05) is 60.7 Å². The zero-order valence-electron chi connectivity index (χ0n) is 16.1. The lowest BCUT2D eigenvalue weighted by atomic mass is 9.89. The highest BCUT2D eigenvalue weighted by atomic mass is 16.5. The molecule has 1 heterocycles. The van der Waals surface area contributed by atoms with Gasteiger partial charge in [-0.05, 0) is 23.3 Å². The Balaban J connectivity index is 1.58. The normalized spacial score (nSPS) is 10.6. The molecule has 0 radical (unpaired) electrons. The molecule has 6 nitrogen and oxygen atoms in total. The number of hydrogen-bond acceptors (Lipinski definition) is 4. The van der Waals surface area contributed by atoms with Crippen molar-refractivity contribution >= 4 is 17.8 Å². The summed E-state index contributed by atoms with van der Waals surface area (Å²) < 4.78 is 6.71. The second kappa shape index (κ2) is 9.50. The zero-order chi connectivity index (χ0) is 20.6. The van der Waals surface area contributed by atoms with E-state index < -0.39 is 24.4 Å². The van der Waals surface area contributed by atoms with Gasteiger partial charge in [-0.3, -0.25) is 19.7 Å². The van der Waals surface area contributed by atoms with E-state index in [2.05, 4.69) is 5.32 Å². The van der Waals surface area contributed by atoms with Gasteiger partial charge < -0.3 is 9.30 Å². The van der Waals surface area contributed by atoms with Gasteiger partial charge in [-0.25, -0.2) is 0 Å². The van der Waals surface area contributed by atoms with Crippen molar-refractivity contribution in [3.8, 4) is 0 Å². The number of ether oxygens (including phenoxy) is 1. The van der Waals surface area contributed by atoms with Gasteiger partial charge in [0.2, 0.25) is 0 Å². The Bertz CT molecular complexity index is 941. The van der Waals surface area contributed by atoms with E-state index in [0.717, 1.165) is 11.1 Å². The van der Waals surface area contributed by atoms with Gasteiger partial charge in [0.15, 0.2) is 6.61 Å². The van der Waals surface area contributed by atoms with E-state index in [-0.39, 0.29) is 12.3 Å². The highest BCUT2D eigenvalue weighted by Gasteiger charge is 2.20. The summed E-state index contributed by atoms with van der Waals surface area (Å²) >= 11 is 0. The van der Waals surface area contributed by atoms with Gasteiger partial charge in [-0.15, -0.1) is 0 Å². The number of aromatic nitrogens is 1. The minimum atomic E-state index is -0.666. The molecule has 148 valence electrons. The highest BCUT2D eigenvalue weighted by Crippen LogP contribution is 2.28. The largest absolute Gasteiger partial charge is 0.456 e. The molecule has 6 heteroatoms. The average molecular weight is 390 g/mol. The molecule has 0 saturated heterocycles. The lowest BCUT2D eigenvalue weighted by Crippen LogP contribution is -2.35. The third-order valence-electron chi connectivity index (χ3n) is 4.57. The van der Waals surface area contributed by atoms with Gasteiger partial charge in [-0.2, -0.15) is 0 Å². The summed E-state index contributed by atoms with van der Waals surface area (Å²) in [7, 11) is 1.70. The Kier molecular flexibility index (Phi) is 6.58. The molecule has 1 N–H and O–H groups in total. The smallest absolute Gasteiger partial charge is 0.307 e. The molecule has 3 rings (SSSR count). The van der Waals surface area contributed by atoms with Crippen LogP contribution in [0.3, 0.4) is 0 Å². The summed E-state index contributed by atoms with van der Waals surface area (Å²) in [4.78, 5) is 36.4. The van der Waals surface area contributed by atoms with Crippen molar-refractivity contribution in [2.75, 3.05) is 6.61 Å². The molecule has 0 aliphatic carbocycles. The minimum Gasteiger partial charge on any atom is -0.456 e. The summed E-state index contributed by atoms with van der Waals surface area (Å²) in [5, 5.41) is 2.22. The quantitative estimate of drug-likeness (QED) is 0.629. The van der Waals surface area contributed by atoms with Crippen LogP contribution in [0.4, 0.5) is 0 Å². The molecule has 0 bridgehead atoms. The molecule has 3 aromatic rings. The van der Waals surface area contributed by atoms with Crippen molar-refractivity contribution in [3.63, 3.8) is 0 Å². The third kappa shape index (κ3) is 5.42. The van der Waals surface area contributed by atoms with E-state index in [1.165, 1.54) is 0 Å². The maximum absolute atomic E-state index is 12.4. The van der Waals surface area contributed by atoms with Crippen LogP contribution in [0, 0.1) is 0 Å². The van der Waals surface area contributed by atoms with Gasteiger partial charge in [0.1, 0.15) is 5.69 Å². The van der Waals surface area contributed by atoms with Crippen LogP contribution in [-0.4, -0.2) is 29.0 Å². The number of nitrogens with zero attached hydrogens (tertiary/aromatic N) is 1. The first kappa shape index (κ1) is 20.1. The maximum Gasteiger partial charge on any atom is 0.307 e. The fourth-order valence-corrected chi connectivity index (χ4v) is 3.09. The summed E-state index contributed by atoms with van der Waals surface area (Å²) in [6.45, 7) is -0.509. The summed E-state index contributed by atoms with van der Waals surface area (Å²) in [6, 6.07) is 22.6. The van der Waals surface area contributed by atoms with E-state index in [4.69, 9.17) is 4.74 Å². The van der Waals surface area contributed by atoms with E-state index in [1.807, 2.05) is 60.7 Å². The molecule has 2 aromatic carbocycles. The molecule has 0 atom stereocenters. The van der Waals surface area contributed by atoms with E-state index >= 15 is 0 Å². The van der Waals surface area contributed by atoms with Crippen molar-refractivity contribution < 1.29 is 19.1 Å². The van der Waals surface area contributed by atoms with Crippen molar-refractivity contribution in [2.45, 2.75) is 12.3 Å². The second-order valence-electron chi connectivity index (χ2n) is 6.62. The Labute approximate surface area is 169 Å². The topological polar surface area (TPSA) is 77.4 Å². The van der Waals surface area contributed by atoms with Crippen molar-refractivity contribution in [2.24, 2.45) is 7.05 Å². The lowest BCUT2D eigenvalue weighted by Gasteiger charge is -2.17. The number of carbonyl (C=O) groups is 3. The minimum absolute atomic E-state index is 0.0903. The van der Waals surface area contributed by atoms with Crippen LogP contribution in [0.15, 0.2) is 79.0 Å². The summed E-state index contributed by atoms with van der Waals surface area (Å²) in [5.41, 5.74) is 2.32. The fraction of sp³-hybridized carbons (Fsp3) is 0.174. The summed E-state index contributed by atoms with van der Waals surface area (Å²) in [6.07, 6.45) is 1.79. The van der Waals surface area contributed by atoms with E-state index in [1.54, 1.807) is 29.9 Å². The van der Waals surface area contributed by atoms with Gasteiger partial charge in [0.05, 0.1) is 6.42 Å². The Morgan fingerprint density at radius 2 is 1.48 bits per heavy atom. The molecule has 0 aliphatic rings. The van der Waals surface area contributed by atoms with Gasteiger partial charge >= 0.3 is 5.97 Å². The number of amides is 2. The number of aryl methyl sites for hydroxylation is 1. The number of esters is 1. The number of benzene rings is 2. The Morgan fingerprint density at radius 1 is 0.897 bits per heavy atom. The fourth-order valence-electron chi connectivity index (χ4n) is 3.09. The molecule has 1 aromatic heterocycles. The summed E-state index contributed by atoms with van der Waals surface area (Å²) in [5.74, 6) is -1.90. The van der Waals surface area contributed by atoms with Crippen molar-refractivity contribution in [1.29, 1.82) is 0 Å². The SMILES string of the molecule is Cn1cccc1C(=O)NC(=O)COC(=O)CC(c1ccccc1)c1ccccc1. The van der Waals surface area contributed by atoms with Crippen LogP contribution in [0.2, 0.25) is 0 Å². The lowest BCUT2D eigenvalue weighted by molar-refractivity contribution is -0.148. The molecule has 0 unspecified atom stereocenters. The second-order valence-corrected chi connectivity index (χ2v) is 6.62. The first-order valence-corrected chi connectivity index (χ1v) is 9.25. The molecule has 2 amide bonds. The predicted octanol–water partition coefficient (Wildman–Crippen LogP) is 3.05. The standard InChI is InChI=1S/C23H22N2O4/c1-25-14-8-13-20(25)23(28)24-21(26)16-29-22(27)15-19(17-9-4-2-5-10-17)18-11-6-3-7-12-18/h2-14,19H,15-16H2,1H3,(H,24,26,28). The first-order chi connectivity index (χ1) is 14.0. The molecule has 0 aliphatic heterocycles. The van der Waals surface area contributed by atoms with Gasteiger partial charge in [0.25, 0.3) is 11.8 Å². The molecular formula is C23H22N2O4. The third-order valence-corrected chi connectivity index (χ3v) is 4.57. The van der Waals surface area contributed by atoms with E-state index in [9.17, 15) is 14.4 Å². The number of imide groups is 1. The number of carbonyl (C=O) groups excluding carboxylic acids is 3. The van der Waals surface area contributed by atoms with Crippen molar-refractivity contribution in [1.82, 2.24) is 9.88 Å². The Hall–Kier alpha value is -3.67. The number of rotatable bonds is 7. The molecular weight excluding hydrogens is 368 g/mol. The molecule has 0 saturated carbocycles. The molecule has 29 heavy (non-hydrogen) atoms. The van der Waals surface area contributed by atoms with Crippen LogP contribution in [-0.2, 0) is 21.4 Å². The molecule has 0 spiro atoms. The first-order valence-electron chi connectivity index (χ1n) is 9.25. The molecule has 0 fully saturated rings. The predicted molar refractivity (Wildman–Crippen MR) is 108 cm³/mol. The van der Waals surface area contributed by atoms with E-state index in [0.29, 0.717) is 5.69 Å². The van der Waals surface area contributed by atoms with Gasteiger partial charge in [0, 0.05) is 19.2 Å². The van der Waals surface area contributed by atoms with Crippen LogP contribution >= 0.6 is 0 Å².